The Hall–Kier alpha value is -1.13. The SMILES string of the molecule is CNC1CCCN(c2nccc3c(Br)cccc23)C1. The summed E-state index contributed by atoms with van der Waals surface area (Å²) < 4.78 is 1.14. The fraction of sp³-hybridized carbons (Fsp3) is 0.400. The van der Waals surface area contributed by atoms with Gasteiger partial charge < -0.3 is 10.2 Å². The summed E-state index contributed by atoms with van der Waals surface area (Å²) in [5.74, 6) is 1.11. The molecule has 1 aliphatic rings. The van der Waals surface area contributed by atoms with Crippen molar-refractivity contribution < 1.29 is 0 Å². The van der Waals surface area contributed by atoms with E-state index in [-0.39, 0.29) is 0 Å². The van der Waals surface area contributed by atoms with Crippen LogP contribution in [-0.2, 0) is 0 Å². The molecule has 100 valence electrons. The second-order valence-electron chi connectivity index (χ2n) is 5.04. The first-order valence-corrected chi connectivity index (χ1v) is 7.54. The third-order valence-corrected chi connectivity index (χ3v) is 4.55. The van der Waals surface area contributed by atoms with Crippen molar-refractivity contribution in [1.82, 2.24) is 10.3 Å². The van der Waals surface area contributed by atoms with Gasteiger partial charge in [0.15, 0.2) is 0 Å². The van der Waals surface area contributed by atoms with E-state index >= 15 is 0 Å². The molecule has 19 heavy (non-hydrogen) atoms. The molecule has 1 aromatic heterocycles. The summed E-state index contributed by atoms with van der Waals surface area (Å²) in [7, 11) is 2.04. The Morgan fingerprint density at radius 2 is 2.21 bits per heavy atom. The monoisotopic (exact) mass is 319 g/mol. The topological polar surface area (TPSA) is 28.2 Å². The Kier molecular flexibility index (Phi) is 3.71. The van der Waals surface area contributed by atoms with Gasteiger partial charge in [-0.25, -0.2) is 4.98 Å². The normalized spacial score (nSPS) is 19.9. The highest BCUT2D eigenvalue weighted by atomic mass is 79.9. The van der Waals surface area contributed by atoms with Crippen molar-refractivity contribution in [3.05, 3.63) is 34.9 Å². The molecule has 1 aliphatic heterocycles. The van der Waals surface area contributed by atoms with Crippen molar-refractivity contribution in [2.45, 2.75) is 18.9 Å². The molecule has 0 amide bonds. The van der Waals surface area contributed by atoms with E-state index in [1.807, 2.05) is 13.2 Å². The minimum atomic E-state index is 0.568. The number of fused-ring (bicyclic) bond motifs is 1. The molecule has 2 aromatic rings. The first-order valence-electron chi connectivity index (χ1n) is 6.75. The number of pyridine rings is 1. The van der Waals surface area contributed by atoms with Crippen LogP contribution in [0.4, 0.5) is 5.82 Å². The van der Waals surface area contributed by atoms with Crippen LogP contribution in [0, 0.1) is 0 Å². The van der Waals surface area contributed by atoms with Gasteiger partial charge in [-0.2, -0.15) is 0 Å². The predicted octanol–water partition coefficient (Wildman–Crippen LogP) is 3.19. The summed E-state index contributed by atoms with van der Waals surface area (Å²) >= 11 is 3.62. The van der Waals surface area contributed by atoms with Crippen molar-refractivity contribution in [2.24, 2.45) is 0 Å². The lowest BCUT2D eigenvalue weighted by atomic mass is 10.0. The lowest BCUT2D eigenvalue weighted by molar-refractivity contribution is 0.448. The molecular weight excluding hydrogens is 302 g/mol. The van der Waals surface area contributed by atoms with E-state index in [2.05, 4.69) is 55.4 Å². The maximum Gasteiger partial charge on any atom is 0.136 e. The van der Waals surface area contributed by atoms with E-state index in [9.17, 15) is 0 Å². The fourth-order valence-electron chi connectivity index (χ4n) is 2.81. The van der Waals surface area contributed by atoms with Gasteiger partial charge in [-0.3, -0.25) is 0 Å². The molecule has 1 N–H and O–H groups in total. The van der Waals surface area contributed by atoms with Gasteiger partial charge in [-0.05, 0) is 32.0 Å². The van der Waals surface area contributed by atoms with E-state index in [0.29, 0.717) is 6.04 Å². The van der Waals surface area contributed by atoms with Crippen LogP contribution in [0.25, 0.3) is 10.8 Å². The number of halogens is 1. The fourth-order valence-corrected chi connectivity index (χ4v) is 3.31. The number of nitrogens with one attached hydrogen (secondary N) is 1. The Morgan fingerprint density at radius 1 is 1.32 bits per heavy atom. The molecule has 1 aromatic carbocycles. The van der Waals surface area contributed by atoms with Crippen LogP contribution >= 0.6 is 15.9 Å². The van der Waals surface area contributed by atoms with E-state index < -0.39 is 0 Å². The molecule has 1 unspecified atom stereocenters. The van der Waals surface area contributed by atoms with Gasteiger partial charge in [0.25, 0.3) is 0 Å². The predicted molar refractivity (Wildman–Crippen MR) is 83.7 cm³/mol. The number of hydrogen-bond acceptors (Lipinski definition) is 3. The van der Waals surface area contributed by atoms with Crippen LogP contribution in [0.2, 0.25) is 0 Å². The van der Waals surface area contributed by atoms with Crippen molar-refractivity contribution in [3.63, 3.8) is 0 Å². The zero-order valence-electron chi connectivity index (χ0n) is 11.1. The van der Waals surface area contributed by atoms with Gasteiger partial charge >= 0.3 is 0 Å². The van der Waals surface area contributed by atoms with Crippen LogP contribution in [0.3, 0.4) is 0 Å². The first kappa shape index (κ1) is 12.9. The van der Waals surface area contributed by atoms with Gasteiger partial charge in [-0.15, -0.1) is 0 Å². The zero-order chi connectivity index (χ0) is 13.2. The Morgan fingerprint density at radius 3 is 3.05 bits per heavy atom. The summed E-state index contributed by atoms with van der Waals surface area (Å²) in [6, 6.07) is 8.96. The van der Waals surface area contributed by atoms with Crippen LogP contribution in [0.15, 0.2) is 34.9 Å². The van der Waals surface area contributed by atoms with Crippen LogP contribution < -0.4 is 10.2 Å². The van der Waals surface area contributed by atoms with Crippen LogP contribution in [0.1, 0.15) is 12.8 Å². The zero-order valence-corrected chi connectivity index (χ0v) is 12.7. The standard InChI is InChI=1S/C15H18BrN3/c1-17-11-4-3-9-19(10-11)15-13-5-2-6-14(16)12(13)7-8-18-15/h2,5-8,11,17H,3-4,9-10H2,1H3. The Balaban J connectivity index is 2.03. The van der Waals surface area contributed by atoms with Gasteiger partial charge in [0.05, 0.1) is 0 Å². The lowest BCUT2D eigenvalue weighted by Gasteiger charge is -2.34. The smallest absolute Gasteiger partial charge is 0.136 e. The minimum Gasteiger partial charge on any atom is -0.355 e. The Bertz CT molecular complexity index is 585. The van der Waals surface area contributed by atoms with Crippen molar-refractivity contribution in [3.8, 4) is 0 Å². The van der Waals surface area contributed by atoms with Gasteiger partial charge in [0.1, 0.15) is 5.82 Å². The molecule has 1 fully saturated rings. The van der Waals surface area contributed by atoms with E-state index in [1.54, 1.807) is 0 Å². The number of likely N-dealkylation sites (N-methyl/N-ethyl adjacent to an activating group) is 1. The molecule has 0 saturated carbocycles. The molecule has 0 radical (unpaired) electrons. The average molecular weight is 320 g/mol. The van der Waals surface area contributed by atoms with Crippen LogP contribution in [-0.4, -0.2) is 31.2 Å². The number of rotatable bonds is 2. The van der Waals surface area contributed by atoms with Gasteiger partial charge in [-0.1, -0.05) is 28.1 Å². The third kappa shape index (κ3) is 2.47. The average Bonchev–Trinajstić information content (AvgIpc) is 2.47. The third-order valence-electron chi connectivity index (χ3n) is 3.86. The highest BCUT2D eigenvalue weighted by molar-refractivity contribution is 9.10. The molecule has 1 saturated heterocycles. The number of hydrogen-bond donors (Lipinski definition) is 1. The summed E-state index contributed by atoms with van der Waals surface area (Å²) in [5.41, 5.74) is 0. The first-order chi connectivity index (χ1) is 9.29. The molecule has 0 aliphatic carbocycles. The highest BCUT2D eigenvalue weighted by Gasteiger charge is 2.21. The van der Waals surface area contributed by atoms with Gasteiger partial charge in [0, 0.05) is 40.6 Å². The maximum atomic E-state index is 4.62. The number of aromatic nitrogens is 1. The quantitative estimate of drug-likeness (QED) is 0.921. The second kappa shape index (κ2) is 5.47. The highest BCUT2D eigenvalue weighted by Crippen LogP contribution is 2.30. The molecule has 4 heteroatoms. The molecular formula is C15H18BrN3. The molecule has 1 atom stereocenters. The number of benzene rings is 1. The summed E-state index contributed by atoms with van der Waals surface area (Å²) in [6.07, 6.45) is 4.38. The molecule has 0 bridgehead atoms. The summed E-state index contributed by atoms with van der Waals surface area (Å²) in [5, 5.41) is 5.85. The summed E-state index contributed by atoms with van der Waals surface area (Å²) in [6.45, 7) is 2.13. The van der Waals surface area contributed by atoms with E-state index in [0.717, 1.165) is 23.4 Å². The number of piperidine rings is 1. The van der Waals surface area contributed by atoms with Crippen molar-refractivity contribution >= 4 is 32.5 Å². The van der Waals surface area contributed by atoms with Gasteiger partial charge in [0.2, 0.25) is 0 Å². The maximum absolute atomic E-state index is 4.62. The minimum absolute atomic E-state index is 0.568. The largest absolute Gasteiger partial charge is 0.355 e. The van der Waals surface area contributed by atoms with E-state index in [4.69, 9.17) is 0 Å². The van der Waals surface area contributed by atoms with Crippen molar-refractivity contribution in [1.29, 1.82) is 0 Å². The number of anilines is 1. The summed E-state index contributed by atoms with van der Waals surface area (Å²) in [4.78, 5) is 7.02. The second-order valence-corrected chi connectivity index (χ2v) is 5.90. The Labute approximate surface area is 122 Å². The van der Waals surface area contributed by atoms with Crippen molar-refractivity contribution in [2.75, 3.05) is 25.0 Å². The van der Waals surface area contributed by atoms with Crippen LogP contribution in [0.5, 0.6) is 0 Å². The number of nitrogens with zero attached hydrogens (tertiary/aromatic N) is 2. The molecule has 3 rings (SSSR count). The van der Waals surface area contributed by atoms with E-state index in [1.165, 1.54) is 23.6 Å². The lowest BCUT2D eigenvalue weighted by Crippen LogP contribution is -2.44. The molecule has 2 heterocycles. The molecule has 0 spiro atoms. The molecule has 3 nitrogen and oxygen atoms in total.